The van der Waals surface area contributed by atoms with Gasteiger partial charge >= 0.3 is 0 Å². The number of anilines is 1. The Bertz CT molecular complexity index is 925. The molecule has 0 radical (unpaired) electrons. The molecule has 0 atom stereocenters. The molecule has 0 aliphatic heterocycles. The van der Waals surface area contributed by atoms with E-state index < -0.39 is 0 Å². The number of hydrazone groups is 1. The number of rotatable bonds is 3. The van der Waals surface area contributed by atoms with Crippen LogP contribution in [0.3, 0.4) is 0 Å². The molecule has 4 aromatic rings. The lowest BCUT2D eigenvalue weighted by atomic mass is 10.2. The van der Waals surface area contributed by atoms with Crippen LogP contribution in [0.4, 0.5) is 5.95 Å². The number of hydrogen-bond acceptors (Lipinski definition) is 6. The largest absolute Gasteiger partial charge is 0.338 e. The SMILES string of the molecule is C(=N\Nc1nnc2c(n1)[nH]c1ccccc12)/c1cccs1. The lowest BCUT2D eigenvalue weighted by molar-refractivity contribution is 1.01. The predicted molar refractivity (Wildman–Crippen MR) is 84.7 cm³/mol. The highest BCUT2D eigenvalue weighted by Crippen LogP contribution is 2.21. The van der Waals surface area contributed by atoms with Crippen molar-refractivity contribution < 1.29 is 0 Å². The van der Waals surface area contributed by atoms with E-state index in [1.807, 2.05) is 41.8 Å². The summed E-state index contributed by atoms with van der Waals surface area (Å²) in [6, 6.07) is 11.9. The van der Waals surface area contributed by atoms with E-state index in [1.165, 1.54) is 0 Å². The Hall–Kier alpha value is -2.80. The molecule has 0 aliphatic carbocycles. The van der Waals surface area contributed by atoms with Gasteiger partial charge in [0.1, 0.15) is 5.52 Å². The van der Waals surface area contributed by atoms with Gasteiger partial charge < -0.3 is 4.98 Å². The number of hydrogen-bond donors (Lipinski definition) is 2. The van der Waals surface area contributed by atoms with Gasteiger partial charge in [0.2, 0.25) is 0 Å². The van der Waals surface area contributed by atoms with E-state index in [0.29, 0.717) is 11.6 Å². The van der Waals surface area contributed by atoms with Crippen molar-refractivity contribution in [2.75, 3.05) is 5.43 Å². The molecule has 3 aromatic heterocycles. The van der Waals surface area contributed by atoms with Crippen LogP contribution in [0.2, 0.25) is 0 Å². The summed E-state index contributed by atoms with van der Waals surface area (Å²) < 4.78 is 0. The van der Waals surface area contributed by atoms with Crippen molar-refractivity contribution in [3.8, 4) is 0 Å². The van der Waals surface area contributed by atoms with Crippen molar-refractivity contribution in [2.24, 2.45) is 5.10 Å². The van der Waals surface area contributed by atoms with Gasteiger partial charge in [0.05, 0.1) is 6.21 Å². The zero-order valence-electron chi connectivity index (χ0n) is 10.8. The molecule has 102 valence electrons. The minimum absolute atomic E-state index is 0.363. The minimum atomic E-state index is 0.363. The number of benzene rings is 1. The van der Waals surface area contributed by atoms with Crippen LogP contribution in [0.1, 0.15) is 4.88 Å². The van der Waals surface area contributed by atoms with Crippen LogP contribution in [0.25, 0.3) is 22.1 Å². The lowest BCUT2D eigenvalue weighted by Crippen LogP contribution is -1.98. The molecule has 0 unspecified atom stereocenters. The first-order valence-electron chi connectivity index (χ1n) is 6.34. The van der Waals surface area contributed by atoms with Gasteiger partial charge in [-0.25, -0.2) is 5.43 Å². The number of nitrogens with zero attached hydrogens (tertiary/aromatic N) is 4. The van der Waals surface area contributed by atoms with E-state index in [9.17, 15) is 0 Å². The maximum atomic E-state index is 4.38. The van der Waals surface area contributed by atoms with Gasteiger partial charge in [-0.3, -0.25) is 0 Å². The van der Waals surface area contributed by atoms with E-state index in [2.05, 4.69) is 30.7 Å². The van der Waals surface area contributed by atoms with Gasteiger partial charge in [-0.05, 0) is 17.5 Å². The number of para-hydroxylation sites is 1. The molecular formula is C14H10N6S. The molecule has 6 nitrogen and oxygen atoms in total. The van der Waals surface area contributed by atoms with Crippen LogP contribution >= 0.6 is 11.3 Å². The number of aromatic nitrogens is 4. The van der Waals surface area contributed by atoms with Gasteiger partial charge in [-0.1, -0.05) is 24.3 Å². The first kappa shape index (κ1) is 12.0. The highest BCUT2D eigenvalue weighted by Gasteiger charge is 2.07. The molecule has 2 N–H and O–H groups in total. The summed E-state index contributed by atoms with van der Waals surface area (Å²) in [6.07, 6.45) is 1.73. The Balaban J connectivity index is 1.66. The third-order valence-electron chi connectivity index (χ3n) is 3.02. The first-order valence-corrected chi connectivity index (χ1v) is 7.22. The molecule has 4 rings (SSSR count). The van der Waals surface area contributed by atoms with Gasteiger partial charge in [-0.2, -0.15) is 10.1 Å². The van der Waals surface area contributed by atoms with Gasteiger partial charge in [0.25, 0.3) is 5.95 Å². The second kappa shape index (κ2) is 4.95. The molecule has 7 heteroatoms. The highest BCUT2D eigenvalue weighted by molar-refractivity contribution is 7.11. The van der Waals surface area contributed by atoms with E-state index in [4.69, 9.17) is 0 Å². The maximum Gasteiger partial charge on any atom is 0.265 e. The van der Waals surface area contributed by atoms with Crippen molar-refractivity contribution in [3.05, 3.63) is 46.7 Å². The zero-order chi connectivity index (χ0) is 14.1. The fraction of sp³-hybridized carbons (Fsp3) is 0. The van der Waals surface area contributed by atoms with Gasteiger partial charge in [0, 0.05) is 15.8 Å². The molecule has 21 heavy (non-hydrogen) atoms. The zero-order valence-corrected chi connectivity index (χ0v) is 11.6. The van der Waals surface area contributed by atoms with Gasteiger partial charge in [0.15, 0.2) is 5.65 Å². The number of thiophene rings is 1. The molecule has 0 amide bonds. The van der Waals surface area contributed by atoms with Crippen LogP contribution < -0.4 is 5.43 Å². The van der Waals surface area contributed by atoms with Crippen LogP contribution in [0.5, 0.6) is 0 Å². The highest BCUT2D eigenvalue weighted by atomic mass is 32.1. The summed E-state index contributed by atoms with van der Waals surface area (Å²) in [5, 5.41) is 15.4. The van der Waals surface area contributed by atoms with E-state index in [1.54, 1.807) is 17.6 Å². The Labute approximate surface area is 123 Å². The molecule has 0 spiro atoms. The van der Waals surface area contributed by atoms with Crippen molar-refractivity contribution in [1.82, 2.24) is 20.2 Å². The van der Waals surface area contributed by atoms with Gasteiger partial charge in [-0.15, -0.1) is 21.5 Å². The fourth-order valence-electron chi connectivity index (χ4n) is 2.09. The quantitative estimate of drug-likeness (QED) is 0.449. The van der Waals surface area contributed by atoms with Crippen LogP contribution in [-0.4, -0.2) is 26.4 Å². The number of nitrogens with one attached hydrogen (secondary N) is 2. The Morgan fingerprint density at radius 1 is 1.14 bits per heavy atom. The van der Waals surface area contributed by atoms with Crippen LogP contribution in [0.15, 0.2) is 46.9 Å². The van der Waals surface area contributed by atoms with E-state index in [-0.39, 0.29) is 0 Å². The Kier molecular flexibility index (Phi) is 2.82. The molecule has 0 aliphatic rings. The van der Waals surface area contributed by atoms with Crippen molar-refractivity contribution in [3.63, 3.8) is 0 Å². The molecular weight excluding hydrogens is 284 g/mol. The summed E-state index contributed by atoms with van der Waals surface area (Å²) in [5.74, 6) is 0.363. The first-order chi connectivity index (χ1) is 10.4. The number of fused-ring (bicyclic) bond motifs is 3. The third-order valence-corrected chi connectivity index (χ3v) is 3.83. The summed E-state index contributed by atoms with van der Waals surface area (Å²) >= 11 is 1.61. The minimum Gasteiger partial charge on any atom is -0.338 e. The number of aromatic amines is 1. The second-order valence-electron chi connectivity index (χ2n) is 4.39. The molecule has 0 fully saturated rings. The fourth-order valence-corrected chi connectivity index (χ4v) is 2.67. The summed E-state index contributed by atoms with van der Waals surface area (Å²) in [7, 11) is 0. The van der Waals surface area contributed by atoms with Crippen molar-refractivity contribution >= 4 is 45.6 Å². The molecule has 0 saturated carbocycles. The van der Waals surface area contributed by atoms with Crippen molar-refractivity contribution in [1.29, 1.82) is 0 Å². The summed E-state index contributed by atoms with van der Waals surface area (Å²) in [6.45, 7) is 0. The topological polar surface area (TPSA) is 78.8 Å². The maximum absolute atomic E-state index is 4.38. The third kappa shape index (κ3) is 2.23. The van der Waals surface area contributed by atoms with Crippen LogP contribution in [-0.2, 0) is 0 Å². The standard InChI is InChI=1S/C14H10N6S/c1-2-6-11-10(5-1)12-13(16-11)17-14(20-18-12)19-15-8-9-4-3-7-21-9/h1-8H,(H2,16,17,19,20)/b15-8+. The average Bonchev–Trinajstić information content (AvgIpc) is 3.13. The smallest absolute Gasteiger partial charge is 0.265 e. The van der Waals surface area contributed by atoms with Crippen LogP contribution in [0, 0.1) is 0 Å². The summed E-state index contributed by atoms with van der Waals surface area (Å²) in [5.41, 5.74) is 5.24. The van der Waals surface area contributed by atoms with E-state index in [0.717, 1.165) is 21.3 Å². The molecule has 0 bridgehead atoms. The Morgan fingerprint density at radius 2 is 2.10 bits per heavy atom. The second-order valence-corrected chi connectivity index (χ2v) is 5.37. The van der Waals surface area contributed by atoms with Crippen molar-refractivity contribution in [2.45, 2.75) is 0 Å². The molecule has 1 aromatic carbocycles. The Morgan fingerprint density at radius 3 is 3.00 bits per heavy atom. The lowest BCUT2D eigenvalue weighted by Gasteiger charge is -1.96. The average molecular weight is 294 g/mol. The normalized spacial score (nSPS) is 11.6. The molecule has 0 saturated heterocycles. The monoisotopic (exact) mass is 294 g/mol. The predicted octanol–water partition coefficient (Wildman–Crippen LogP) is 3.01. The molecule has 3 heterocycles. The summed E-state index contributed by atoms with van der Waals surface area (Å²) in [4.78, 5) is 8.66. The van der Waals surface area contributed by atoms with E-state index >= 15 is 0 Å². The number of H-pyrrole nitrogens is 1.